The first-order valence-electron chi connectivity index (χ1n) is 8.46. The van der Waals surface area contributed by atoms with E-state index in [0.29, 0.717) is 6.61 Å². The van der Waals surface area contributed by atoms with E-state index in [2.05, 4.69) is 16.5 Å². The maximum Gasteiger partial charge on any atom is 0.276 e. The fraction of sp³-hybridized carbons (Fsp3) is 0.938. The lowest BCUT2D eigenvalue weighted by molar-refractivity contribution is -0.492. The van der Waals surface area contributed by atoms with Crippen molar-refractivity contribution in [2.45, 2.75) is 25.2 Å². The van der Waals surface area contributed by atoms with Crippen LogP contribution in [0.2, 0.25) is 0 Å². The molecule has 0 aromatic heterocycles. The summed E-state index contributed by atoms with van der Waals surface area (Å²) in [6.07, 6.45) is 1.56. The molecule has 0 amide bonds. The molecular formula is C16H32F2N3O2+. The Labute approximate surface area is 138 Å². The topological polar surface area (TPSA) is 39.0 Å². The Balaban J connectivity index is 1.98. The van der Waals surface area contributed by atoms with Crippen molar-refractivity contribution in [2.75, 3.05) is 72.7 Å². The summed E-state index contributed by atoms with van der Waals surface area (Å²) in [5.74, 6) is -2.77. The maximum atomic E-state index is 13.5. The van der Waals surface area contributed by atoms with Gasteiger partial charge in [-0.15, -0.1) is 0 Å². The Morgan fingerprint density at radius 2 is 1.74 bits per heavy atom. The molecule has 7 heteroatoms. The van der Waals surface area contributed by atoms with Crippen LogP contribution in [0.1, 0.15) is 19.3 Å². The van der Waals surface area contributed by atoms with Crippen LogP contribution in [0.15, 0.2) is 0 Å². The van der Waals surface area contributed by atoms with Crippen molar-refractivity contribution >= 4 is 6.72 Å². The molecule has 23 heavy (non-hydrogen) atoms. The first-order chi connectivity index (χ1) is 10.9. The highest BCUT2D eigenvalue weighted by Gasteiger charge is 2.30. The molecule has 5 nitrogen and oxygen atoms in total. The third kappa shape index (κ3) is 9.96. The third-order valence-corrected chi connectivity index (χ3v) is 4.07. The van der Waals surface area contributed by atoms with Crippen LogP contribution in [-0.4, -0.2) is 105 Å². The molecule has 0 aromatic carbocycles. The van der Waals surface area contributed by atoms with E-state index in [4.69, 9.17) is 9.84 Å². The number of hydrogen-bond donors (Lipinski definition) is 1. The maximum absolute atomic E-state index is 13.5. The van der Waals surface area contributed by atoms with Gasteiger partial charge >= 0.3 is 0 Å². The van der Waals surface area contributed by atoms with Crippen LogP contribution in [-0.2, 0) is 4.74 Å². The lowest BCUT2D eigenvalue weighted by Gasteiger charge is -2.34. The Kier molecular flexibility index (Phi) is 9.78. The number of aliphatic hydroxyl groups excluding tert-OH is 1. The van der Waals surface area contributed by atoms with Crippen LogP contribution in [0.3, 0.4) is 0 Å². The van der Waals surface area contributed by atoms with Crippen molar-refractivity contribution in [3.63, 3.8) is 0 Å². The molecule has 1 heterocycles. The molecule has 1 aliphatic rings. The van der Waals surface area contributed by atoms with Gasteiger partial charge in [-0.25, -0.2) is 13.4 Å². The summed E-state index contributed by atoms with van der Waals surface area (Å²) >= 11 is 0. The molecule has 1 N–H and O–H groups in total. The van der Waals surface area contributed by atoms with Gasteiger partial charge in [-0.05, 0) is 19.4 Å². The number of β-amino-alcohol motifs (C(OH)–C–C–N with tert-alkyl or cyclic N) is 1. The number of alkyl halides is 2. The van der Waals surface area contributed by atoms with Gasteiger partial charge in [-0.3, -0.25) is 4.90 Å². The molecule has 1 fully saturated rings. The average Bonchev–Trinajstić information content (AvgIpc) is 2.51. The molecule has 0 aromatic rings. The SMILES string of the molecule is C=[N+](C)CCC(F)(F)COCCCCN1CCN(CCO)CC1. The second kappa shape index (κ2) is 11.0. The van der Waals surface area contributed by atoms with Crippen LogP contribution in [0.4, 0.5) is 8.78 Å². The Hall–Kier alpha value is -0.630. The fourth-order valence-electron chi connectivity index (χ4n) is 2.57. The molecule has 0 spiro atoms. The molecule has 0 unspecified atom stereocenters. The van der Waals surface area contributed by atoms with Gasteiger partial charge in [0.2, 0.25) is 0 Å². The first kappa shape index (κ1) is 20.4. The Bertz CT molecular complexity index is 335. The number of aliphatic hydroxyl groups is 1. The van der Waals surface area contributed by atoms with E-state index in [-0.39, 0.29) is 19.6 Å². The summed E-state index contributed by atoms with van der Waals surface area (Å²) in [6, 6.07) is 0. The highest BCUT2D eigenvalue weighted by molar-refractivity contribution is 5.14. The van der Waals surface area contributed by atoms with Gasteiger partial charge in [0.1, 0.15) is 26.9 Å². The second-order valence-electron chi connectivity index (χ2n) is 6.35. The largest absolute Gasteiger partial charge is 0.395 e. The summed E-state index contributed by atoms with van der Waals surface area (Å²) in [4.78, 5) is 4.64. The molecule has 0 radical (unpaired) electrons. The van der Waals surface area contributed by atoms with Crippen molar-refractivity contribution in [3.05, 3.63) is 0 Å². The quantitative estimate of drug-likeness (QED) is 0.324. The van der Waals surface area contributed by atoms with Gasteiger partial charge < -0.3 is 14.7 Å². The minimum Gasteiger partial charge on any atom is -0.395 e. The van der Waals surface area contributed by atoms with Gasteiger partial charge in [0.25, 0.3) is 5.92 Å². The first-order valence-corrected chi connectivity index (χ1v) is 8.46. The number of halogens is 2. The van der Waals surface area contributed by atoms with Crippen molar-refractivity contribution in [1.29, 1.82) is 0 Å². The van der Waals surface area contributed by atoms with Crippen molar-refractivity contribution < 1.29 is 23.2 Å². The second-order valence-corrected chi connectivity index (χ2v) is 6.35. The predicted molar refractivity (Wildman–Crippen MR) is 87.8 cm³/mol. The van der Waals surface area contributed by atoms with E-state index < -0.39 is 12.5 Å². The highest BCUT2D eigenvalue weighted by atomic mass is 19.3. The lowest BCUT2D eigenvalue weighted by atomic mass is 10.2. The van der Waals surface area contributed by atoms with Crippen LogP contribution in [0, 0.1) is 0 Å². The average molecular weight is 336 g/mol. The van der Waals surface area contributed by atoms with E-state index in [0.717, 1.165) is 52.1 Å². The molecule has 0 bridgehead atoms. The van der Waals surface area contributed by atoms with E-state index in [1.165, 1.54) is 4.58 Å². The molecule has 136 valence electrons. The Morgan fingerprint density at radius 3 is 2.30 bits per heavy atom. The Morgan fingerprint density at radius 1 is 1.13 bits per heavy atom. The summed E-state index contributed by atoms with van der Waals surface area (Å²) in [5, 5.41) is 8.90. The molecule has 1 aliphatic heterocycles. The van der Waals surface area contributed by atoms with Crippen molar-refractivity contribution in [2.24, 2.45) is 0 Å². The van der Waals surface area contributed by atoms with Crippen LogP contribution in [0.5, 0.6) is 0 Å². The number of hydrogen-bond acceptors (Lipinski definition) is 4. The summed E-state index contributed by atoms with van der Waals surface area (Å²) < 4.78 is 33.6. The lowest BCUT2D eigenvalue weighted by Crippen LogP contribution is -2.47. The van der Waals surface area contributed by atoms with Gasteiger partial charge in [-0.1, -0.05) is 0 Å². The number of rotatable bonds is 12. The van der Waals surface area contributed by atoms with E-state index in [1.807, 2.05) is 0 Å². The van der Waals surface area contributed by atoms with Gasteiger partial charge in [0.05, 0.1) is 13.0 Å². The molecule has 0 saturated carbocycles. The minimum atomic E-state index is -2.77. The van der Waals surface area contributed by atoms with Crippen LogP contribution in [0.25, 0.3) is 0 Å². The highest BCUT2D eigenvalue weighted by Crippen LogP contribution is 2.18. The normalized spacial score (nSPS) is 17.6. The molecule has 0 atom stereocenters. The smallest absolute Gasteiger partial charge is 0.276 e. The van der Waals surface area contributed by atoms with Gasteiger partial charge in [0.15, 0.2) is 0 Å². The van der Waals surface area contributed by atoms with Crippen LogP contribution >= 0.6 is 0 Å². The van der Waals surface area contributed by atoms with Gasteiger partial charge in [-0.2, -0.15) is 0 Å². The standard InChI is InChI=1S/C16H32F2N3O2/c1-19(2)7-5-16(17,18)15-23-14-4-3-6-20-8-10-21(11-9-20)12-13-22/h22H,1,3-15H2,2H3/q+1. The molecule has 1 saturated heterocycles. The van der Waals surface area contributed by atoms with Crippen molar-refractivity contribution in [1.82, 2.24) is 9.80 Å². The van der Waals surface area contributed by atoms with E-state index in [1.54, 1.807) is 7.05 Å². The summed E-state index contributed by atoms with van der Waals surface area (Å²) in [7, 11) is 1.68. The predicted octanol–water partition coefficient (Wildman–Crippen LogP) is 0.761. The third-order valence-electron chi connectivity index (χ3n) is 4.07. The number of unbranched alkanes of at least 4 members (excludes halogenated alkanes) is 1. The van der Waals surface area contributed by atoms with E-state index >= 15 is 0 Å². The molecular weight excluding hydrogens is 304 g/mol. The summed E-state index contributed by atoms with van der Waals surface area (Å²) in [5.41, 5.74) is 0. The summed E-state index contributed by atoms with van der Waals surface area (Å²) in [6.45, 7) is 9.67. The number of nitrogens with zero attached hydrogens (tertiary/aromatic N) is 3. The fourth-order valence-corrected chi connectivity index (χ4v) is 2.57. The molecule has 0 aliphatic carbocycles. The molecule has 1 rings (SSSR count). The van der Waals surface area contributed by atoms with Crippen molar-refractivity contribution in [3.8, 4) is 0 Å². The van der Waals surface area contributed by atoms with Gasteiger partial charge in [0, 0.05) is 39.3 Å². The minimum absolute atomic E-state index is 0.215. The monoisotopic (exact) mass is 336 g/mol. The number of piperazine rings is 1. The van der Waals surface area contributed by atoms with E-state index in [9.17, 15) is 8.78 Å². The zero-order valence-electron chi connectivity index (χ0n) is 14.4. The zero-order valence-corrected chi connectivity index (χ0v) is 14.4. The van der Waals surface area contributed by atoms with Crippen LogP contribution < -0.4 is 0 Å². The number of ether oxygens (including phenoxy) is 1. The zero-order chi connectivity index (χ0) is 17.1.